The summed E-state index contributed by atoms with van der Waals surface area (Å²) in [6.07, 6.45) is 0.818. The molecule has 1 atom stereocenters. The quantitative estimate of drug-likeness (QED) is 0.588. The summed E-state index contributed by atoms with van der Waals surface area (Å²) in [7, 11) is -1.97. The average molecular weight is 323 g/mol. The topological polar surface area (TPSA) is 27.7 Å². The van der Waals surface area contributed by atoms with E-state index < -0.39 is 12.7 Å². The highest BCUT2D eigenvalue weighted by Gasteiger charge is 2.49. The van der Waals surface area contributed by atoms with Gasteiger partial charge < -0.3 is 13.7 Å². The van der Waals surface area contributed by atoms with E-state index in [2.05, 4.69) is 56.3 Å². The molecule has 1 aliphatic heterocycles. The SMILES string of the molecule is CCC1(Br)OCC(C)(C)COB1O[Si](C)(C)C. The van der Waals surface area contributed by atoms with Crippen molar-refractivity contribution in [1.82, 2.24) is 0 Å². The van der Waals surface area contributed by atoms with Crippen molar-refractivity contribution in [2.24, 2.45) is 5.41 Å². The first kappa shape index (κ1) is 15.7. The van der Waals surface area contributed by atoms with Gasteiger partial charge in [-0.15, -0.1) is 0 Å². The third-order valence-electron chi connectivity index (χ3n) is 2.62. The van der Waals surface area contributed by atoms with Crippen molar-refractivity contribution in [3.63, 3.8) is 0 Å². The van der Waals surface area contributed by atoms with E-state index >= 15 is 0 Å². The molecule has 1 rings (SSSR count). The van der Waals surface area contributed by atoms with Crippen LogP contribution in [-0.4, -0.2) is 33.1 Å². The van der Waals surface area contributed by atoms with Gasteiger partial charge in [-0.1, -0.05) is 36.7 Å². The first-order valence-corrected chi connectivity index (χ1v) is 10.4. The molecule has 3 nitrogen and oxygen atoms in total. The minimum absolute atomic E-state index is 0.0335. The molecule has 0 saturated carbocycles. The Bertz CT molecular complexity index is 270. The lowest BCUT2D eigenvalue weighted by Gasteiger charge is -2.32. The van der Waals surface area contributed by atoms with Crippen LogP contribution in [0.15, 0.2) is 0 Å². The zero-order valence-electron chi connectivity index (χ0n) is 11.8. The fraction of sp³-hybridized carbons (Fsp3) is 1.00. The van der Waals surface area contributed by atoms with Crippen molar-refractivity contribution in [3.8, 4) is 0 Å². The lowest BCUT2D eigenvalue weighted by Crippen LogP contribution is -2.50. The highest BCUT2D eigenvalue weighted by atomic mass is 79.9. The monoisotopic (exact) mass is 322 g/mol. The molecule has 1 heterocycles. The van der Waals surface area contributed by atoms with Gasteiger partial charge in [0.05, 0.1) is 6.61 Å². The third kappa shape index (κ3) is 4.67. The van der Waals surface area contributed by atoms with Gasteiger partial charge in [0, 0.05) is 12.0 Å². The van der Waals surface area contributed by atoms with Gasteiger partial charge in [0.15, 0.2) is 12.7 Å². The van der Waals surface area contributed by atoms with Crippen LogP contribution < -0.4 is 0 Å². The third-order valence-corrected chi connectivity index (χ3v) is 4.71. The number of halogens is 1. The van der Waals surface area contributed by atoms with Crippen LogP contribution in [0.25, 0.3) is 0 Å². The lowest BCUT2D eigenvalue weighted by atomic mass is 9.79. The maximum atomic E-state index is 6.10. The Kier molecular flexibility index (Phi) is 4.92. The molecule has 0 aromatic rings. The second kappa shape index (κ2) is 5.33. The lowest BCUT2D eigenvalue weighted by molar-refractivity contribution is 0.0282. The van der Waals surface area contributed by atoms with Gasteiger partial charge in [0.1, 0.15) is 0 Å². The van der Waals surface area contributed by atoms with Crippen LogP contribution in [-0.2, 0) is 13.7 Å². The number of hydrogen-bond acceptors (Lipinski definition) is 3. The average Bonchev–Trinajstić information content (AvgIpc) is 2.28. The molecule has 100 valence electrons. The van der Waals surface area contributed by atoms with Crippen molar-refractivity contribution in [3.05, 3.63) is 0 Å². The van der Waals surface area contributed by atoms with Crippen molar-refractivity contribution in [2.45, 2.75) is 51.2 Å². The van der Waals surface area contributed by atoms with Crippen LogP contribution in [0.1, 0.15) is 27.2 Å². The van der Waals surface area contributed by atoms with Gasteiger partial charge in [-0.3, -0.25) is 0 Å². The summed E-state index contributed by atoms with van der Waals surface area (Å²) >= 11 is 3.67. The molecule has 0 radical (unpaired) electrons. The molecule has 1 fully saturated rings. The van der Waals surface area contributed by atoms with E-state index in [1.54, 1.807) is 0 Å². The Balaban J connectivity index is 2.83. The molecular weight excluding hydrogens is 299 g/mol. The molecule has 0 aromatic heterocycles. The van der Waals surface area contributed by atoms with Crippen molar-refractivity contribution >= 4 is 31.4 Å². The summed E-state index contributed by atoms with van der Waals surface area (Å²) in [6.45, 7) is 14.2. The maximum Gasteiger partial charge on any atom is 0.492 e. The molecule has 1 aliphatic rings. The van der Waals surface area contributed by atoms with E-state index in [4.69, 9.17) is 13.7 Å². The summed E-state index contributed by atoms with van der Waals surface area (Å²) in [5.41, 5.74) is 0.0335. The van der Waals surface area contributed by atoms with Gasteiger partial charge in [-0.2, -0.15) is 0 Å². The predicted molar refractivity (Wildman–Crippen MR) is 77.8 cm³/mol. The number of rotatable bonds is 3. The van der Waals surface area contributed by atoms with Crippen LogP contribution in [0.3, 0.4) is 0 Å². The minimum Gasteiger partial charge on any atom is -0.451 e. The summed E-state index contributed by atoms with van der Waals surface area (Å²) in [5, 5.41) is 0. The fourth-order valence-corrected chi connectivity index (χ4v) is 2.98. The van der Waals surface area contributed by atoms with Crippen LogP contribution in [0.2, 0.25) is 19.6 Å². The summed E-state index contributed by atoms with van der Waals surface area (Å²) in [6, 6.07) is 0. The van der Waals surface area contributed by atoms with Crippen LogP contribution in [0.4, 0.5) is 0 Å². The number of ether oxygens (including phenoxy) is 1. The van der Waals surface area contributed by atoms with Crippen molar-refractivity contribution in [2.75, 3.05) is 13.2 Å². The Hall–Kier alpha value is 0.642. The van der Waals surface area contributed by atoms with E-state index in [9.17, 15) is 0 Å². The van der Waals surface area contributed by atoms with E-state index in [0.717, 1.165) is 6.42 Å². The predicted octanol–water partition coefficient (Wildman–Crippen LogP) is 3.44. The number of alkyl halides is 1. The fourth-order valence-electron chi connectivity index (χ4n) is 1.56. The van der Waals surface area contributed by atoms with Crippen LogP contribution >= 0.6 is 15.9 Å². The molecule has 17 heavy (non-hydrogen) atoms. The van der Waals surface area contributed by atoms with Crippen LogP contribution in [0.5, 0.6) is 0 Å². The largest absolute Gasteiger partial charge is 0.492 e. The molecule has 0 amide bonds. The zero-order chi connectivity index (χ0) is 13.3. The standard InChI is InChI=1S/C11H24BBrO3Si/c1-7-11(13)12(16-17(4,5)6)15-9-10(2,3)8-14-11/h7-9H2,1-6H3. The molecule has 0 N–H and O–H groups in total. The molecular formula is C11H24BBrO3Si. The van der Waals surface area contributed by atoms with Gasteiger partial charge in [-0.25, -0.2) is 0 Å². The van der Waals surface area contributed by atoms with E-state index in [1.165, 1.54) is 0 Å². The van der Waals surface area contributed by atoms with E-state index in [1.807, 2.05) is 0 Å². The van der Waals surface area contributed by atoms with E-state index in [-0.39, 0.29) is 12.5 Å². The molecule has 0 aromatic carbocycles. The smallest absolute Gasteiger partial charge is 0.451 e. The Labute approximate surface area is 115 Å². The second-order valence-corrected chi connectivity index (χ2v) is 12.3. The first-order valence-electron chi connectivity index (χ1n) is 6.20. The highest BCUT2D eigenvalue weighted by molar-refractivity contribution is 9.10. The van der Waals surface area contributed by atoms with Gasteiger partial charge >= 0.3 is 7.12 Å². The van der Waals surface area contributed by atoms with E-state index in [0.29, 0.717) is 13.2 Å². The molecule has 0 aliphatic carbocycles. The first-order chi connectivity index (χ1) is 7.58. The summed E-state index contributed by atoms with van der Waals surface area (Å²) in [5.74, 6) is 0. The second-order valence-electron chi connectivity index (χ2n) is 6.47. The Morgan fingerprint density at radius 1 is 1.29 bits per heavy atom. The van der Waals surface area contributed by atoms with Crippen molar-refractivity contribution in [1.29, 1.82) is 0 Å². The Morgan fingerprint density at radius 2 is 1.88 bits per heavy atom. The molecule has 1 unspecified atom stereocenters. The number of hydrogen-bond donors (Lipinski definition) is 0. The van der Waals surface area contributed by atoms with Crippen molar-refractivity contribution < 1.29 is 13.7 Å². The minimum atomic E-state index is -1.65. The normalized spacial score (nSPS) is 30.2. The molecule has 0 spiro atoms. The van der Waals surface area contributed by atoms with Gasteiger partial charge in [0.2, 0.25) is 0 Å². The zero-order valence-corrected chi connectivity index (χ0v) is 14.4. The summed E-state index contributed by atoms with van der Waals surface area (Å²) in [4.78, 5) is 0. The Morgan fingerprint density at radius 3 is 2.35 bits per heavy atom. The highest BCUT2D eigenvalue weighted by Crippen LogP contribution is 2.36. The molecule has 0 bridgehead atoms. The van der Waals surface area contributed by atoms with Gasteiger partial charge in [0.25, 0.3) is 0 Å². The molecule has 6 heteroatoms. The summed E-state index contributed by atoms with van der Waals surface area (Å²) < 4.78 is 17.5. The maximum absolute atomic E-state index is 6.10. The van der Waals surface area contributed by atoms with Crippen LogP contribution in [0, 0.1) is 5.41 Å². The van der Waals surface area contributed by atoms with Gasteiger partial charge in [-0.05, 0) is 26.1 Å². The molecule has 1 saturated heterocycles.